The molecular formula is C13H24N4O2. The lowest BCUT2D eigenvalue weighted by atomic mass is 10.2. The Labute approximate surface area is 114 Å². The molecule has 0 radical (unpaired) electrons. The smallest absolute Gasteiger partial charge is 0.407 e. The maximum atomic E-state index is 11.5. The Morgan fingerprint density at radius 3 is 2.63 bits per heavy atom. The van der Waals surface area contributed by atoms with Gasteiger partial charge in [-0.15, -0.1) is 0 Å². The molecule has 3 N–H and O–H groups in total. The lowest BCUT2D eigenvalue weighted by Crippen LogP contribution is -2.36. The van der Waals surface area contributed by atoms with E-state index in [1.165, 1.54) is 0 Å². The largest absolute Gasteiger partial charge is 0.444 e. The second-order valence-corrected chi connectivity index (χ2v) is 5.84. The van der Waals surface area contributed by atoms with Gasteiger partial charge in [-0.25, -0.2) is 4.79 Å². The first-order valence-electron chi connectivity index (χ1n) is 6.45. The number of rotatable bonds is 4. The lowest BCUT2D eigenvalue weighted by molar-refractivity contribution is 0.0524. The van der Waals surface area contributed by atoms with Crippen LogP contribution in [-0.4, -0.2) is 28.0 Å². The Bertz CT molecular complexity index is 421. The zero-order valence-corrected chi connectivity index (χ0v) is 12.3. The third-order valence-corrected chi connectivity index (χ3v) is 2.44. The van der Waals surface area contributed by atoms with Gasteiger partial charge in [-0.1, -0.05) is 0 Å². The van der Waals surface area contributed by atoms with Gasteiger partial charge in [0.1, 0.15) is 5.60 Å². The molecule has 0 bridgehead atoms. The van der Waals surface area contributed by atoms with Crippen LogP contribution in [0.1, 0.15) is 52.3 Å². The first-order valence-corrected chi connectivity index (χ1v) is 6.45. The third kappa shape index (κ3) is 5.30. The van der Waals surface area contributed by atoms with Crippen molar-refractivity contribution >= 4 is 6.09 Å². The Morgan fingerprint density at radius 1 is 1.53 bits per heavy atom. The number of amides is 1. The molecule has 0 aliphatic carbocycles. The maximum absolute atomic E-state index is 11.5. The van der Waals surface area contributed by atoms with Crippen molar-refractivity contribution in [3.63, 3.8) is 0 Å². The topological polar surface area (TPSA) is 82.2 Å². The molecule has 0 spiro atoms. The summed E-state index contributed by atoms with van der Waals surface area (Å²) in [6.45, 7) is 9.86. The fourth-order valence-electron chi connectivity index (χ4n) is 1.45. The van der Waals surface area contributed by atoms with Crippen molar-refractivity contribution < 1.29 is 9.53 Å². The summed E-state index contributed by atoms with van der Waals surface area (Å²) in [5.41, 5.74) is 6.39. The average Bonchev–Trinajstić information content (AvgIpc) is 2.72. The number of hydrogen-bond donors (Lipinski definition) is 2. The summed E-state index contributed by atoms with van der Waals surface area (Å²) in [6, 6.07) is -0.000201. The highest BCUT2D eigenvalue weighted by atomic mass is 16.6. The van der Waals surface area contributed by atoms with Gasteiger partial charge in [-0.3, -0.25) is 4.68 Å². The summed E-state index contributed by atoms with van der Waals surface area (Å²) in [5.74, 6) is 0. The molecule has 19 heavy (non-hydrogen) atoms. The van der Waals surface area contributed by atoms with E-state index in [4.69, 9.17) is 10.5 Å². The van der Waals surface area contributed by atoms with E-state index in [1.54, 1.807) is 6.20 Å². The van der Waals surface area contributed by atoms with Gasteiger partial charge in [-0.05, 0) is 34.6 Å². The fourth-order valence-corrected chi connectivity index (χ4v) is 1.45. The molecule has 1 atom stereocenters. The molecule has 0 saturated heterocycles. The van der Waals surface area contributed by atoms with Crippen LogP contribution in [0.15, 0.2) is 12.4 Å². The minimum atomic E-state index is -0.503. The van der Waals surface area contributed by atoms with E-state index in [2.05, 4.69) is 10.4 Å². The van der Waals surface area contributed by atoms with Crippen LogP contribution in [-0.2, 0) is 4.74 Å². The predicted octanol–water partition coefficient (Wildman–Crippen LogP) is 1.99. The number of hydrogen-bond acceptors (Lipinski definition) is 4. The number of ether oxygens (including phenoxy) is 1. The van der Waals surface area contributed by atoms with Crippen LogP contribution < -0.4 is 11.1 Å². The number of nitrogens with two attached hydrogens (primary N) is 1. The highest BCUT2D eigenvalue weighted by molar-refractivity contribution is 5.67. The van der Waals surface area contributed by atoms with E-state index in [0.29, 0.717) is 12.6 Å². The van der Waals surface area contributed by atoms with Gasteiger partial charge in [0.05, 0.1) is 12.2 Å². The summed E-state index contributed by atoms with van der Waals surface area (Å²) in [4.78, 5) is 11.5. The minimum Gasteiger partial charge on any atom is -0.444 e. The standard InChI is InChI=1S/C13H24N4O2/c1-9(2)17-8-10(6-16-17)11(14)7-15-12(18)19-13(3,4)5/h6,8-9,11H,7,14H2,1-5H3,(H,15,18). The molecule has 1 aromatic rings. The van der Waals surface area contributed by atoms with E-state index in [0.717, 1.165) is 5.56 Å². The molecule has 0 aliphatic rings. The van der Waals surface area contributed by atoms with Crippen molar-refractivity contribution in [1.29, 1.82) is 0 Å². The lowest BCUT2D eigenvalue weighted by Gasteiger charge is -2.20. The normalized spacial score (nSPS) is 13.4. The highest BCUT2D eigenvalue weighted by Gasteiger charge is 2.17. The number of aromatic nitrogens is 2. The molecule has 1 heterocycles. The molecule has 1 unspecified atom stereocenters. The molecule has 1 rings (SSSR count). The Morgan fingerprint density at radius 2 is 2.16 bits per heavy atom. The van der Waals surface area contributed by atoms with Crippen LogP contribution in [0.3, 0.4) is 0 Å². The maximum Gasteiger partial charge on any atom is 0.407 e. The molecule has 6 nitrogen and oxygen atoms in total. The molecule has 1 amide bonds. The molecule has 0 aliphatic heterocycles. The summed E-state index contributed by atoms with van der Waals surface area (Å²) >= 11 is 0. The van der Waals surface area contributed by atoms with Gasteiger partial charge >= 0.3 is 6.09 Å². The predicted molar refractivity (Wildman–Crippen MR) is 73.8 cm³/mol. The summed E-state index contributed by atoms with van der Waals surface area (Å²) in [7, 11) is 0. The van der Waals surface area contributed by atoms with Gasteiger partial charge in [0, 0.05) is 24.3 Å². The molecule has 108 valence electrons. The molecule has 0 fully saturated rings. The molecule has 0 saturated carbocycles. The first-order chi connectivity index (χ1) is 8.69. The summed E-state index contributed by atoms with van der Waals surface area (Å²) in [5, 5.41) is 6.87. The van der Waals surface area contributed by atoms with Crippen LogP contribution in [0.2, 0.25) is 0 Å². The van der Waals surface area contributed by atoms with E-state index < -0.39 is 11.7 Å². The number of carbonyl (C=O) groups is 1. The van der Waals surface area contributed by atoms with Gasteiger partial charge in [0.2, 0.25) is 0 Å². The van der Waals surface area contributed by atoms with Crippen LogP contribution in [0, 0.1) is 0 Å². The van der Waals surface area contributed by atoms with Crippen LogP contribution in [0.25, 0.3) is 0 Å². The number of nitrogens with one attached hydrogen (secondary N) is 1. The van der Waals surface area contributed by atoms with Crippen LogP contribution in [0.5, 0.6) is 0 Å². The van der Waals surface area contributed by atoms with Crippen molar-refractivity contribution in [2.24, 2.45) is 5.73 Å². The third-order valence-electron chi connectivity index (χ3n) is 2.44. The molecule has 6 heteroatoms. The number of nitrogens with zero attached hydrogens (tertiary/aromatic N) is 2. The van der Waals surface area contributed by atoms with E-state index in [9.17, 15) is 4.79 Å². The van der Waals surface area contributed by atoms with E-state index >= 15 is 0 Å². The monoisotopic (exact) mass is 268 g/mol. The van der Waals surface area contributed by atoms with Crippen LogP contribution >= 0.6 is 0 Å². The zero-order valence-electron chi connectivity index (χ0n) is 12.3. The quantitative estimate of drug-likeness (QED) is 0.875. The Hall–Kier alpha value is -1.56. The number of carbonyl (C=O) groups excluding carboxylic acids is 1. The van der Waals surface area contributed by atoms with Crippen molar-refractivity contribution in [2.45, 2.75) is 52.3 Å². The second-order valence-electron chi connectivity index (χ2n) is 5.84. The SMILES string of the molecule is CC(C)n1cc(C(N)CNC(=O)OC(C)(C)C)cn1. The second kappa shape index (κ2) is 6.06. The van der Waals surface area contributed by atoms with E-state index in [1.807, 2.05) is 45.5 Å². The van der Waals surface area contributed by atoms with E-state index in [-0.39, 0.29) is 6.04 Å². The Balaban J connectivity index is 2.46. The fraction of sp³-hybridized carbons (Fsp3) is 0.692. The van der Waals surface area contributed by atoms with Gasteiger partial charge < -0.3 is 15.8 Å². The van der Waals surface area contributed by atoms with Crippen molar-refractivity contribution in [3.05, 3.63) is 18.0 Å². The summed E-state index contributed by atoms with van der Waals surface area (Å²) < 4.78 is 6.98. The molecule has 0 aromatic carbocycles. The molecular weight excluding hydrogens is 244 g/mol. The number of alkyl carbamates (subject to hydrolysis) is 1. The average molecular weight is 268 g/mol. The minimum absolute atomic E-state index is 0.291. The van der Waals surface area contributed by atoms with Gasteiger partial charge in [-0.2, -0.15) is 5.10 Å². The first kappa shape index (κ1) is 15.5. The highest BCUT2D eigenvalue weighted by Crippen LogP contribution is 2.12. The van der Waals surface area contributed by atoms with Crippen molar-refractivity contribution in [2.75, 3.05) is 6.54 Å². The Kier molecular flexibility index (Phi) is 4.94. The summed E-state index contributed by atoms with van der Waals surface area (Å²) in [6.07, 6.45) is 3.16. The van der Waals surface area contributed by atoms with Gasteiger partial charge in [0.15, 0.2) is 0 Å². The van der Waals surface area contributed by atoms with Crippen LogP contribution in [0.4, 0.5) is 4.79 Å². The van der Waals surface area contributed by atoms with Crippen molar-refractivity contribution in [1.82, 2.24) is 15.1 Å². The van der Waals surface area contributed by atoms with Crippen molar-refractivity contribution in [3.8, 4) is 0 Å². The zero-order chi connectivity index (χ0) is 14.6. The molecule has 1 aromatic heterocycles. The van der Waals surface area contributed by atoms with Gasteiger partial charge in [0.25, 0.3) is 0 Å².